The fourth-order valence-electron chi connectivity index (χ4n) is 2.25. The Morgan fingerprint density at radius 2 is 1.61 bits per heavy atom. The normalized spacial score (nSPS) is 10.5. The minimum atomic E-state index is -1.37. The van der Waals surface area contributed by atoms with E-state index in [9.17, 15) is 14.4 Å². The van der Waals surface area contributed by atoms with Crippen molar-refractivity contribution in [1.82, 2.24) is 0 Å². The van der Waals surface area contributed by atoms with Gasteiger partial charge in [0.05, 0.1) is 23.8 Å². The third kappa shape index (κ3) is 4.95. The van der Waals surface area contributed by atoms with Gasteiger partial charge in [-0.25, -0.2) is 4.79 Å². The van der Waals surface area contributed by atoms with Crippen LogP contribution in [0.5, 0.6) is 0 Å². The van der Waals surface area contributed by atoms with Gasteiger partial charge in [-0.2, -0.15) is 5.26 Å². The molecule has 0 radical (unpaired) electrons. The van der Waals surface area contributed by atoms with E-state index in [4.69, 9.17) is 10.00 Å². The average molecular weight is 379 g/mol. The molecular weight excluding hydrogens is 358 g/mol. The number of nitrogens with one attached hydrogen (secondary N) is 2. The summed E-state index contributed by atoms with van der Waals surface area (Å²) in [6, 6.07) is 14.6. The number of esters is 1. The van der Waals surface area contributed by atoms with Crippen LogP contribution in [0.1, 0.15) is 36.7 Å². The van der Waals surface area contributed by atoms with E-state index in [-0.39, 0.29) is 6.61 Å². The van der Waals surface area contributed by atoms with Crippen LogP contribution in [-0.4, -0.2) is 24.4 Å². The first-order chi connectivity index (χ1) is 13.3. The number of benzene rings is 2. The van der Waals surface area contributed by atoms with Crippen molar-refractivity contribution in [1.29, 1.82) is 5.26 Å². The first-order valence-electron chi connectivity index (χ1n) is 8.68. The maximum absolute atomic E-state index is 12.6. The molecule has 0 aliphatic carbocycles. The Labute approximate surface area is 163 Å². The first kappa shape index (κ1) is 20.6. The number of rotatable bonds is 6. The molecule has 2 aromatic carbocycles. The van der Waals surface area contributed by atoms with E-state index in [0.29, 0.717) is 22.5 Å². The van der Waals surface area contributed by atoms with Crippen LogP contribution in [0.4, 0.5) is 11.4 Å². The molecule has 2 N–H and O–H groups in total. The Morgan fingerprint density at radius 3 is 2.18 bits per heavy atom. The Morgan fingerprint density at radius 1 is 1.00 bits per heavy atom. The number of carbonyl (C=O) groups excluding carboxylic acids is 3. The minimum Gasteiger partial charge on any atom is -0.462 e. The van der Waals surface area contributed by atoms with E-state index in [1.54, 1.807) is 37.3 Å². The van der Waals surface area contributed by atoms with Crippen LogP contribution in [0.15, 0.2) is 48.5 Å². The summed E-state index contributed by atoms with van der Waals surface area (Å²) < 4.78 is 4.91. The predicted octanol–water partition coefficient (Wildman–Crippen LogP) is 3.34. The molecule has 0 aromatic heterocycles. The van der Waals surface area contributed by atoms with Crippen molar-refractivity contribution >= 4 is 29.2 Å². The number of nitrogens with zero attached hydrogens (tertiary/aromatic N) is 1. The van der Waals surface area contributed by atoms with Gasteiger partial charge in [0.25, 0.3) is 0 Å². The molecule has 0 unspecified atom stereocenters. The summed E-state index contributed by atoms with van der Waals surface area (Å²) in [5, 5.41) is 14.3. The largest absolute Gasteiger partial charge is 0.462 e. The molecule has 0 bridgehead atoms. The van der Waals surface area contributed by atoms with Crippen LogP contribution in [0.25, 0.3) is 0 Å². The number of anilines is 2. The fraction of sp³-hybridized carbons (Fsp3) is 0.238. The summed E-state index contributed by atoms with van der Waals surface area (Å²) in [7, 11) is 0. The summed E-state index contributed by atoms with van der Waals surface area (Å²) in [6.07, 6.45) is 0. The number of amides is 2. The summed E-state index contributed by atoms with van der Waals surface area (Å²) in [5.41, 5.74) is 0.285. The molecule has 7 nitrogen and oxygen atoms in total. The van der Waals surface area contributed by atoms with Crippen LogP contribution in [0, 0.1) is 16.7 Å². The van der Waals surface area contributed by atoms with Gasteiger partial charge < -0.3 is 15.4 Å². The summed E-state index contributed by atoms with van der Waals surface area (Å²) in [6.45, 7) is 4.99. The highest BCUT2D eigenvalue weighted by atomic mass is 16.5. The highest BCUT2D eigenvalue weighted by Gasteiger charge is 2.36. The quantitative estimate of drug-likeness (QED) is 0.591. The zero-order chi connectivity index (χ0) is 20.7. The highest BCUT2D eigenvalue weighted by molar-refractivity contribution is 6.14. The van der Waals surface area contributed by atoms with Crippen LogP contribution in [0.2, 0.25) is 0 Å². The zero-order valence-corrected chi connectivity index (χ0v) is 15.9. The molecule has 0 saturated heterocycles. The average Bonchev–Trinajstić information content (AvgIpc) is 2.68. The first-order valence-corrected chi connectivity index (χ1v) is 8.68. The molecule has 28 heavy (non-hydrogen) atoms. The molecular formula is C21H21N3O4. The third-order valence-electron chi connectivity index (χ3n) is 4.04. The van der Waals surface area contributed by atoms with Gasteiger partial charge in [0.15, 0.2) is 0 Å². The van der Waals surface area contributed by atoms with Gasteiger partial charge in [-0.3, -0.25) is 9.59 Å². The Kier molecular flexibility index (Phi) is 6.51. The molecule has 2 amide bonds. The maximum Gasteiger partial charge on any atom is 0.338 e. The molecule has 7 heteroatoms. The Bertz CT molecular complexity index is 927. The molecule has 0 aliphatic rings. The van der Waals surface area contributed by atoms with Crippen molar-refractivity contribution < 1.29 is 19.1 Å². The number of carbonyl (C=O) groups is 3. The Balaban J connectivity index is 2.06. The van der Waals surface area contributed by atoms with Crippen molar-refractivity contribution in [3.05, 3.63) is 59.7 Å². The standard InChI is InChI=1S/C21H21N3O4/c1-4-28-18(25)15-8-10-16(11-9-15)23-19(26)21(2,3)20(27)24-17-7-5-6-14(12-17)13-22/h5-12H,4H2,1-3H3,(H,23,26)(H,24,27). The molecule has 144 valence electrons. The SMILES string of the molecule is CCOC(=O)c1ccc(NC(=O)C(C)(C)C(=O)Nc2cccc(C#N)c2)cc1. The lowest BCUT2D eigenvalue weighted by atomic mass is 9.90. The van der Waals surface area contributed by atoms with E-state index in [2.05, 4.69) is 10.6 Å². The monoisotopic (exact) mass is 379 g/mol. The van der Waals surface area contributed by atoms with Crippen LogP contribution in [-0.2, 0) is 14.3 Å². The van der Waals surface area contributed by atoms with Gasteiger partial charge in [0.2, 0.25) is 11.8 Å². The van der Waals surface area contributed by atoms with E-state index >= 15 is 0 Å². The molecule has 2 rings (SSSR count). The predicted molar refractivity (Wildman–Crippen MR) is 105 cm³/mol. The van der Waals surface area contributed by atoms with Crippen molar-refractivity contribution in [3.8, 4) is 6.07 Å². The molecule has 2 aromatic rings. The summed E-state index contributed by atoms with van der Waals surface area (Å²) in [5.74, 6) is -1.46. The molecule has 0 saturated carbocycles. The second-order valence-electron chi connectivity index (χ2n) is 6.52. The van der Waals surface area contributed by atoms with Crippen molar-refractivity contribution in [3.63, 3.8) is 0 Å². The minimum absolute atomic E-state index is 0.276. The molecule has 0 aliphatic heterocycles. The zero-order valence-electron chi connectivity index (χ0n) is 15.9. The van der Waals surface area contributed by atoms with Gasteiger partial charge in [-0.05, 0) is 63.2 Å². The van der Waals surface area contributed by atoms with Crippen LogP contribution in [0.3, 0.4) is 0 Å². The van der Waals surface area contributed by atoms with E-state index in [1.807, 2.05) is 6.07 Å². The van der Waals surface area contributed by atoms with Gasteiger partial charge in [-0.1, -0.05) is 6.07 Å². The highest BCUT2D eigenvalue weighted by Crippen LogP contribution is 2.22. The third-order valence-corrected chi connectivity index (χ3v) is 4.04. The number of hydrogen-bond acceptors (Lipinski definition) is 5. The lowest BCUT2D eigenvalue weighted by molar-refractivity contribution is -0.135. The van der Waals surface area contributed by atoms with E-state index in [1.165, 1.54) is 32.0 Å². The Hall–Kier alpha value is -3.66. The van der Waals surface area contributed by atoms with Gasteiger partial charge in [-0.15, -0.1) is 0 Å². The van der Waals surface area contributed by atoms with E-state index < -0.39 is 23.2 Å². The molecule has 0 fully saturated rings. The molecule has 0 spiro atoms. The van der Waals surface area contributed by atoms with Gasteiger partial charge in [0, 0.05) is 11.4 Å². The van der Waals surface area contributed by atoms with Crippen LogP contribution >= 0.6 is 0 Å². The topological polar surface area (TPSA) is 108 Å². The number of nitriles is 1. The van der Waals surface area contributed by atoms with Gasteiger partial charge in [0.1, 0.15) is 5.41 Å². The lowest BCUT2D eigenvalue weighted by Gasteiger charge is -2.23. The lowest BCUT2D eigenvalue weighted by Crippen LogP contribution is -2.41. The maximum atomic E-state index is 12.6. The fourth-order valence-corrected chi connectivity index (χ4v) is 2.25. The summed E-state index contributed by atoms with van der Waals surface area (Å²) >= 11 is 0. The van der Waals surface area contributed by atoms with Crippen molar-refractivity contribution in [2.75, 3.05) is 17.2 Å². The number of hydrogen-bond donors (Lipinski definition) is 2. The van der Waals surface area contributed by atoms with Crippen molar-refractivity contribution in [2.45, 2.75) is 20.8 Å². The summed E-state index contributed by atoms with van der Waals surface area (Å²) in [4.78, 5) is 36.8. The number of ether oxygens (including phenoxy) is 1. The smallest absolute Gasteiger partial charge is 0.338 e. The van der Waals surface area contributed by atoms with Gasteiger partial charge >= 0.3 is 5.97 Å². The molecule has 0 atom stereocenters. The second kappa shape index (κ2) is 8.82. The van der Waals surface area contributed by atoms with Crippen LogP contribution < -0.4 is 10.6 Å². The van der Waals surface area contributed by atoms with E-state index in [0.717, 1.165) is 0 Å². The molecule has 0 heterocycles. The second-order valence-corrected chi connectivity index (χ2v) is 6.52. The van der Waals surface area contributed by atoms with Crippen molar-refractivity contribution in [2.24, 2.45) is 5.41 Å².